The Balaban J connectivity index is 1.63. The summed E-state index contributed by atoms with van der Waals surface area (Å²) >= 11 is 0. The van der Waals surface area contributed by atoms with E-state index in [4.69, 9.17) is 0 Å². The Labute approximate surface area is 158 Å². The summed E-state index contributed by atoms with van der Waals surface area (Å²) in [6.07, 6.45) is 8.28. The number of benzene rings is 1. The first kappa shape index (κ1) is 17.3. The molecule has 0 radical (unpaired) electrons. The average molecular weight is 360 g/mol. The molecule has 0 fully saturated rings. The Hall–Kier alpha value is -3.15. The number of nitrogens with one attached hydrogen (secondary N) is 1. The van der Waals surface area contributed by atoms with Gasteiger partial charge >= 0.3 is 0 Å². The first-order valence-corrected chi connectivity index (χ1v) is 9.24. The van der Waals surface area contributed by atoms with E-state index in [9.17, 15) is 0 Å². The molecule has 1 aromatic carbocycles. The maximum Gasteiger partial charge on any atom is 0.150 e. The zero-order valence-electron chi connectivity index (χ0n) is 16.0. The van der Waals surface area contributed by atoms with Crippen molar-refractivity contribution in [2.75, 3.05) is 11.9 Å². The molecule has 0 aliphatic heterocycles. The number of anilines is 1. The lowest BCUT2D eigenvalue weighted by atomic mass is 10.2. The molecule has 0 amide bonds. The van der Waals surface area contributed by atoms with E-state index in [1.165, 1.54) is 16.8 Å². The minimum absolute atomic E-state index is 0.846. The highest BCUT2D eigenvalue weighted by Crippen LogP contribution is 2.31. The van der Waals surface area contributed by atoms with Crippen LogP contribution in [-0.2, 0) is 6.54 Å². The maximum absolute atomic E-state index is 4.59. The van der Waals surface area contributed by atoms with Crippen molar-refractivity contribution in [2.24, 2.45) is 0 Å². The zero-order chi connectivity index (χ0) is 18.8. The fourth-order valence-electron chi connectivity index (χ4n) is 3.43. The fraction of sp³-hybridized carbons (Fsp3) is 0.286. The van der Waals surface area contributed by atoms with Crippen molar-refractivity contribution < 1.29 is 0 Å². The molecular weight excluding hydrogens is 336 g/mol. The molecule has 6 nitrogen and oxygen atoms in total. The summed E-state index contributed by atoms with van der Waals surface area (Å²) in [4.78, 5) is 13.2. The lowest BCUT2D eigenvalue weighted by molar-refractivity contribution is 0.660. The van der Waals surface area contributed by atoms with E-state index in [0.29, 0.717) is 0 Å². The van der Waals surface area contributed by atoms with Gasteiger partial charge in [-0.05, 0) is 44.9 Å². The van der Waals surface area contributed by atoms with Crippen LogP contribution in [0.25, 0.3) is 16.7 Å². The van der Waals surface area contributed by atoms with Crippen molar-refractivity contribution in [1.82, 2.24) is 24.1 Å². The lowest BCUT2D eigenvalue weighted by Crippen LogP contribution is -2.07. The largest absolute Gasteiger partial charge is 0.369 e. The van der Waals surface area contributed by atoms with Gasteiger partial charge in [-0.3, -0.25) is 4.57 Å². The van der Waals surface area contributed by atoms with E-state index in [1.807, 2.05) is 12.5 Å². The molecule has 27 heavy (non-hydrogen) atoms. The number of fused-ring (bicyclic) bond motifs is 1. The van der Waals surface area contributed by atoms with E-state index in [2.05, 4.69) is 74.4 Å². The Morgan fingerprint density at radius 2 is 1.85 bits per heavy atom. The SMILES string of the molecule is Cc1ccc(-n2c(C)c(C)c3c(NCCCn4ccnc4)ncnc32)cc1. The number of hydrogen-bond acceptors (Lipinski definition) is 4. The van der Waals surface area contributed by atoms with Crippen molar-refractivity contribution in [3.8, 4) is 5.69 Å². The van der Waals surface area contributed by atoms with Crippen molar-refractivity contribution in [3.05, 3.63) is 66.1 Å². The third-order valence-corrected chi connectivity index (χ3v) is 5.03. The standard InChI is InChI=1S/C21H24N6/c1-15-5-7-18(8-6-15)27-17(3)16(2)19-20(24-13-25-21(19)27)23-9-4-11-26-12-10-22-14-26/h5-8,10,12-14H,4,9,11H2,1-3H3,(H,23,24,25). The molecule has 3 heterocycles. The molecule has 4 aromatic rings. The number of aryl methyl sites for hydroxylation is 3. The smallest absolute Gasteiger partial charge is 0.150 e. The summed E-state index contributed by atoms with van der Waals surface area (Å²) in [6.45, 7) is 8.16. The van der Waals surface area contributed by atoms with Gasteiger partial charge in [-0.1, -0.05) is 17.7 Å². The van der Waals surface area contributed by atoms with Gasteiger partial charge in [0.05, 0.1) is 11.7 Å². The molecule has 1 N–H and O–H groups in total. The molecule has 0 saturated heterocycles. The van der Waals surface area contributed by atoms with Crippen LogP contribution >= 0.6 is 0 Å². The van der Waals surface area contributed by atoms with Crippen LogP contribution in [0.5, 0.6) is 0 Å². The van der Waals surface area contributed by atoms with Gasteiger partial charge < -0.3 is 9.88 Å². The summed E-state index contributed by atoms with van der Waals surface area (Å²) in [5, 5.41) is 4.59. The number of hydrogen-bond donors (Lipinski definition) is 1. The van der Waals surface area contributed by atoms with Gasteiger partial charge in [-0.2, -0.15) is 0 Å². The quantitative estimate of drug-likeness (QED) is 0.527. The van der Waals surface area contributed by atoms with Gasteiger partial charge in [0.1, 0.15) is 12.1 Å². The summed E-state index contributed by atoms with van der Waals surface area (Å²) in [5.74, 6) is 0.900. The van der Waals surface area contributed by atoms with E-state index in [1.54, 1.807) is 12.5 Å². The van der Waals surface area contributed by atoms with Gasteiger partial charge in [-0.15, -0.1) is 0 Å². The van der Waals surface area contributed by atoms with Crippen LogP contribution in [0.1, 0.15) is 23.2 Å². The average Bonchev–Trinajstić information content (AvgIpc) is 3.28. The highest BCUT2D eigenvalue weighted by molar-refractivity contribution is 5.93. The molecular formula is C21H24N6. The molecule has 6 heteroatoms. The van der Waals surface area contributed by atoms with E-state index in [-0.39, 0.29) is 0 Å². The van der Waals surface area contributed by atoms with Gasteiger partial charge in [-0.25, -0.2) is 15.0 Å². The van der Waals surface area contributed by atoms with Crippen LogP contribution in [0.2, 0.25) is 0 Å². The highest BCUT2D eigenvalue weighted by Gasteiger charge is 2.17. The third kappa shape index (κ3) is 3.30. The van der Waals surface area contributed by atoms with Gasteiger partial charge in [0, 0.05) is 36.9 Å². The number of aromatic nitrogens is 5. The zero-order valence-corrected chi connectivity index (χ0v) is 16.0. The summed E-state index contributed by atoms with van der Waals surface area (Å²) < 4.78 is 4.29. The minimum Gasteiger partial charge on any atom is -0.369 e. The molecule has 0 unspecified atom stereocenters. The molecule has 0 bridgehead atoms. The Morgan fingerprint density at radius 1 is 1.04 bits per heavy atom. The fourth-order valence-corrected chi connectivity index (χ4v) is 3.43. The predicted octanol–water partition coefficient (Wildman–Crippen LogP) is 4.04. The van der Waals surface area contributed by atoms with E-state index >= 15 is 0 Å². The van der Waals surface area contributed by atoms with Gasteiger partial charge in [0.25, 0.3) is 0 Å². The van der Waals surface area contributed by atoms with Gasteiger partial charge in [0.2, 0.25) is 0 Å². The molecule has 0 atom stereocenters. The van der Waals surface area contributed by atoms with Crippen LogP contribution in [0.15, 0.2) is 49.3 Å². The molecule has 138 valence electrons. The molecule has 0 aliphatic rings. The highest BCUT2D eigenvalue weighted by atomic mass is 15.1. The first-order chi connectivity index (χ1) is 13.1. The molecule has 4 rings (SSSR count). The van der Waals surface area contributed by atoms with Crippen molar-refractivity contribution in [1.29, 1.82) is 0 Å². The Morgan fingerprint density at radius 3 is 2.59 bits per heavy atom. The van der Waals surface area contributed by atoms with Crippen molar-refractivity contribution in [2.45, 2.75) is 33.7 Å². The third-order valence-electron chi connectivity index (χ3n) is 5.03. The second-order valence-corrected chi connectivity index (χ2v) is 6.88. The van der Waals surface area contributed by atoms with Crippen LogP contribution < -0.4 is 5.32 Å². The summed E-state index contributed by atoms with van der Waals surface area (Å²) in [6, 6.07) is 8.54. The van der Waals surface area contributed by atoms with Crippen LogP contribution in [-0.4, -0.2) is 30.6 Å². The predicted molar refractivity (Wildman–Crippen MR) is 108 cm³/mol. The number of imidazole rings is 1. The summed E-state index contributed by atoms with van der Waals surface area (Å²) in [5.41, 5.74) is 5.72. The molecule has 0 saturated carbocycles. The maximum atomic E-state index is 4.59. The van der Waals surface area contributed by atoms with Crippen molar-refractivity contribution >= 4 is 16.9 Å². The molecule has 3 aromatic heterocycles. The molecule has 0 aliphatic carbocycles. The monoisotopic (exact) mass is 360 g/mol. The topological polar surface area (TPSA) is 60.6 Å². The second-order valence-electron chi connectivity index (χ2n) is 6.88. The van der Waals surface area contributed by atoms with E-state index in [0.717, 1.165) is 42.0 Å². The first-order valence-electron chi connectivity index (χ1n) is 9.24. The van der Waals surface area contributed by atoms with E-state index < -0.39 is 0 Å². The Kier molecular flexibility index (Phi) is 4.62. The summed E-state index contributed by atoms with van der Waals surface area (Å²) in [7, 11) is 0. The Bertz CT molecular complexity index is 1040. The van der Waals surface area contributed by atoms with Crippen LogP contribution in [0.4, 0.5) is 5.82 Å². The number of nitrogens with zero attached hydrogens (tertiary/aromatic N) is 5. The minimum atomic E-state index is 0.846. The van der Waals surface area contributed by atoms with Crippen molar-refractivity contribution in [3.63, 3.8) is 0 Å². The lowest BCUT2D eigenvalue weighted by Gasteiger charge is -2.09. The number of rotatable bonds is 6. The second kappa shape index (κ2) is 7.23. The normalized spacial score (nSPS) is 11.2. The van der Waals surface area contributed by atoms with Gasteiger partial charge in [0.15, 0.2) is 5.65 Å². The van der Waals surface area contributed by atoms with Crippen LogP contribution in [0, 0.1) is 20.8 Å². The molecule has 0 spiro atoms. The van der Waals surface area contributed by atoms with Crippen LogP contribution in [0.3, 0.4) is 0 Å².